The van der Waals surface area contributed by atoms with Gasteiger partial charge in [-0.05, 0) is 25.8 Å². The molecule has 0 radical (unpaired) electrons. The van der Waals surface area contributed by atoms with Gasteiger partial charge in [-0.1, -0.05) is 6.58 Å². The molecule has 6 heteroatoms. The van der Waals surface area contributed by atoms with Crippen LogP contribution in [-0.2, 0) is 14.4 Å². The zero-order chi connectivity index (χ0) is 15.8. The lowest BCUT2D eigenvalue weighted by atomic mass is 9.95. The summed E-state index contributed by atoms with van der Waals surface area (Å²) in [6, 6.07) is 0. The summed E-state index contributed by atoms with van der Waals surface area (Å²) in [7, 11) is 1.59. The minimum absolute atomic E-state index is 0.0523. The van der Waals surface area contributed by atoms with Crippen molar-refractivity contribution in [2.45, 2.75) is 26.2 Å². The van der Waals surface area contributed by atoms with Crippen LogP contribution in [0.3, 0.4) is 0 Å². The number of nitrogens with zero attached hydrogens (tertiary/aromatic N) is 2. The zero-order valence-electron chi connectivity index (χ0n) is 12.9. The molecule has 1 heterocycles. The average Bonchev–Trinajstić information content (AvgIpc) is 2.54. The largest absolute Gasteiger partial charge is 0.359 e. The predicted molar refractivity (Wildman–Crippen MR) is 80.4 cm³/mol. The molecule has 1 aliphatic rings. The van der Waals surface area contributed by atoms with Gasteiger partial charge >= 0.3 is 0 Å². The van der Waals surface area contributed by atoms with E-state index < -0.39 is 0 Å². The van der Waals surface area contributed by atoms with Crippen LogP contribution in [0.4, 0.5) is 0 Å². The number of hydrogen-bond donors (Lipinski definition) is 1. The van der Waals surface area contributed by atoms with Gasteiger partial charge in [0.05, 0.1) is 0 Å². The van der Waals surface area contributed by atoms with Crippen molar-refractivity contribution in [2.75, 3.05) is 33.2 Å². The van der Waals surface area contributed by atoms with Crippen LogP contribution in [0, 0.1) is 5.92 Å². The van der Waals surface area contributed by atoms with Crippen molar-refractivity contribution in [3.05, 3.63) is 12.7 Å². The summed E-state index contributed by atoms with van der Waals surface area (Å²) in [5.74, 6) is -0.101. The van der Waals surface area contributed by atoms with Crippen LogP contribution in [0.15, 0.2) is 12.7 Å². The fraction of sp³-hybridized carbons (Fsp3) is 0.667. The smallest absolute Gasteiger partial charge is 0.245 e. The van der Waals surface area contributed by atoms with E-state index in [1.807, 2.05) is 6.92 Å². The Kier molecular flexibility index (Phi) is 6.91. The van der Waals surface area contributed by atoms with E-state index in [9.17, 15) is 14.4 Å². The van der Waals surface area contributed by atoms with Crippen molar-refractivity contribution < 1.29 is 14.4 Å². The molecule has 0 bridgehead atoms. The molecule has 3 amide bonds. The molecule has 6 nitrogen and oxygen atoms in total. The Bertz CT molecular complexity index is 401. The van der Waals surface area contributed by atoms with Crippen LogP contribution in [0.1, 0.15) is 26.2 Å². The second kappa shape index (κ2) is 8.44. The number of carbonyl (C=O) groups excluding carboxylic acids is 3. The third-order valence-corrected chi connectivity index (χ3v) is 3.91. The Morgan fingerprint density at radius 1 is 1.33 bits per heavy atom. The number of hydrogen-bond acceptors (Lipinski definition) is 3. The first kappa shape index (κ1) is 17.2. The molecule has 1 rings (SSSR count). The highest BCUT2D eigenvalue weighted by atomic mass is 16.2. The normalized spacial score (nSPS) is 15.4. The summed E-state index contributed by atoms with van der Waals surface area (Å²) in [4.78, 5) is 38.7. The highest BCUT2D eigenvalue weighted by Gasteiger charge is 2.29. The van der Waals surface area contributed by atoms with Crippen molar-refractivity contribution in [2.24, 2.45) is 5.92 Å². The van der Waals surface area contributed by atoms with E-state index in [-0.39, 0.29) is 23.6 Å². The fourth-order valence-electron chi connectivity index (χ4n) is 2.52. The summed E-state index contributed by atoms with van der Waals surface area (Å²) in [6.45, 7) is 7.62. The van der Waals surface area contributed by atoms with Gasteiger partial charge < -0.3 is 15.1 Å². The van der Waals surface area contributed by atoms with Crippen molar-refractivity contribution in [1.29, 1.82) is 0 Å². The van der Waals surface area contributed by atoms with Gasteiger partial charge in [0.25, 0.3) is 0 Å². The average molecular weight is 295 g/mol. The van der Waals surface area contributed by atoms with E-state index in [0.717, 1.165) is 0 Å². The van der Waals surface area contributed by atoms with E-state index in [1.165, 1.54) is 6.08 Å². The van der Waals surface area contributed by atoms with Gasteiger partial charge in [-0.15, -0.1) is 0 Å². The lowest BCUT2D eigenvalue weighted by molar-refractivity contribution is -0.139. The fourth-order valence-corrected chi connectivity index (χ4v) is 2.52. The number of piperidine rings is 1. The number of carbonyl (C=O) groups is 3. The Balaban J connectivity index is 2.48. The van der Waals surface area contributed by atoms with Gasteiger partial charge in [0.1, 0.15) is 0 Å². The molecule has 0 spiro atoms. The van der Waals surface area contributed by atoms with Crippen molar-refractivity contribution >= 4 is 17.7 Å². The topological polar surface area (TPSA) is 69.7 Å². The van der Waals surface area contributed by atoms with E-state index in [4.69, 9.17) is 0 Å². The number of amides is 3. The van der Waals surface area contributed by atoms with Gasteiger partial charge in [0.2, 0.25) is 17.7 Å². The molecule has 0 aromatic heterocycles. The highest BCUT2D eigenvalue weighted by Crippen LogP contribution is 2.20. The molecule has 0 aromatic carbocycles. The maximum Gasteiger partial charge on any atom is 0.245 e. The van der Waals surface area contributed by atoms with Crippen LogP contribution in [0.25, 0.3) is 0 Å². The Morgan fingerprint density at radius 2 is 1.95 bits per heavy atom. The third kappa shape index (κ3) is 4.88. The Labute approximate surface area is 126 Å². The molecule has 118 valence electrons. The molecule has 0 atom stereocenters. The van der Waals surface area contributed by atoms with Crippen LogP contribution in [0.5, 0.6) is 0 Å². The van der Waals surface area contributed by atoms with Gasteiger partial charge in [0.15, 0.2) is 0 Å². The molecule has 1 N–H and O–H groups in total. The molecule has 0 aliphatic carbocycles. The summed E-state index contributed by atoms with van der Waals surface area (Å²) in [5, 5.41) is 2.56. The second-order valence-electron chi connectivity index (χ2n) is 5.14. The first-order valence-electron chi connectivity index (χ1n) is 7.44. The molecule has 0 aromatic rings. The highest BCUT2D eigenvalue weighted by molar-refractivity contribution is 5.87. The number of likely N-dealkylation sites (tertiary alicyclic amines) is 1. The molecule has 1 aliphatic heterocycles. The van der Waals surface area contributed by atoms with Crippen LogP contribution in [0.2, 0.25) is 0 Å². The first-order valence-corrected chi connectivity index (χ1v) is 7.44. The zero-order valence-corrected chi connectivity index (χ0v) is 12.9. The summed E-state index contributed by atoms with van der Waals surface area (Å²) >= 11 is 0. The number of rotatable bonds is 6. The number of nitrogens with one attached hydrogen (secondary N) is 1. The Hall–Kier alpha value is -1.85. The molecular weight excluding hydrogens is 270 g/mol. The molecule has 1 fully saturated rings. The standard InChI is InChI=1S/C15H25N3O3/c1-4-14(20)18-9-6-12(7-10-18)15(21)17(5-2)11-8-13(19)16-3/h4,12H,1,5-11H2,2-3H3,(H,16,19). The Morgan fingerprint density at radius 3 is 2.43 bits per heavy atom. The molecule has 0 saturated carbocycles. The SMILES string of the molecule is C=CC(=O)N1CCC(C(=O)N(CC)CCC(=O)NC)CC1. The van der Waals surface area contributed by atoms with Gasteiger partial charge in [0, 0.05) is 45.6 Å². The molecule has 21 heavy (non-hydrogen) atoms. The maximum absolute atomic E-state index is 12.4. The lowest BCUT2D eigenvalue weighted by Gasteiger charge is -2.33. The molecule has 0 unspecified atom stereocenters. The summed E-state index contributed by atoms with van der Waals surface area (Å²) in [5.41, 5.74) is 0. The van der Waals surface area contributed by atoms with Crippen LogP contribution in [-0.4, -0.2) is 60.7 Å². The van der Waals surface area contributed by atoms with E-state index >= 15 is 0 Å². The summed E-state index contributed by atoms with van der Waals surface area (Å²) < 4.78 is 0. The van der Waals surface area contributed by atoms with E-state index in [1.54, 1.807) is 16.8 Å². The third-order valence-electron chi connectivity index (χ3n) is 3.91. The van der Waals surface area contributed by atoms with Crippen molar-refractivity contribution in [3.8, 4) is 0 Å². The van der Waals surface area contributed by atoms with Gasteiger partial charge in [-0.25, -0.2) is 0 Å². The monoisotopic (exact) mass is 295 g/mol. The minimum Gasteiger partial charge on any atom is -0.359 e. The summed E-state index contributed by atoms with van der Waals surface area (Å²) in [6.07, 6.45) is 2.98. The van der Waals surface area contributed by atoms with Crippen LogP contribution >= 0.6 is 0 Å². The first-order chi connectivity index (χ1) is 10.0. The van der Waals surface area contributed by atoms with E-state index in [0.29, 0.717) is 45.4 Å². The quantitative estimate of drug-likeness (QED) is 0.721. The van der Waals surface area contributed by atoms with Crippen LogP contribution < -0.4 is 5.32 Å². The van der Waals surface area contributed by atoms with Crippen molar-refractivity contribution in [1.82, 2.24) is 15.1 Å². The second-order valence-corrected chi connectivity index (χ2v) is 5.14. The van der Waals surface area contributed by atoms with Gasteiger partial charge in [-0.3, -0.25) is 14.4 Å². The van der Waals surface area contributed by atoms with Gasteiger partial charge in [-0.2, -0.15) is 0 Å². The van der Waals surface area contributed by atoms with Crippen molar-refractivity contribution in [3.63, 3.8) is 0 Å². The van der Waals surface area contributed by atoms with E-state index in [2.05, 4.69) is 11.9 Å². The maximum atomic E-state index is 12.4. The lowest BCUT2D eigenvalue weighted by Crippen LogP contribution is -2.44. The molecular formula is C15H25N3O3. The predicted octanol–water partition coefficient (Wildman–Crippen LogP) is 0.396. The minimum atomic E-state index is -0.0761. The molecule has 1 saturated heterocycles.